The summed E-state index contributed by atoms with van der Waals surface area (Å²) in [6.45, 7) is 16.0. The molecule has 24 heteroatoms. The second kappa shape index (κ2) is 71.0. The molecule has 0 atom stereocenters. The molecule has 0 aliphatic heterocycles. The van der Waals surface area contributed by atoms with Crippen molar-refractivity contribution in [3.05, 3.63) is 159 Å². The minimum atomic E-state index is -0.960. The number of carboxylic acids is 1. The molecule has 4 aromatic carbocycles. The first-order valence-corrected chi connectivity index (χ1v) is 22.5. The van der Waals surface area contributed by atoms with E-state index < -0.39 is 5.97 Å². The molecule has 416 valence electrons. The van der Waals surface area contributed by atoms with Gasteiger partial charge in [-0.15, -0.1) is 64.3 Å². The van der Waals surface area contributed by atoms with Crippen LogP contribution in [0.15, 0.2) is 103 Å². The van der Waals surface area contributed by atoms with Gasteiger partial charge < -0.3 is 85.1 Å². The fraction of sp³-hybridized carbons (Fsp3) is 0.235. The number of rotatable bonds is 4. The molecule has 0 fully saturated rings. The van der Waals surface area contributed by atoms with Crippen LogP contribution in [0.5, 0.6) is 0 Å². The van der Waals surface area contributed by atoms with E-state index in [4.69, 9.17) is 21.8 Å². The first-order valence-electron chi connectivity index (χ1n) is 19.5. The second-order valence-electron chi connectivity index (χ2n) is 10.2. The zero-order valence-corrected chi connectivity index (χ0v) is 64.3. The number of methoxy groups -OCH3 is 3. The number of nitrogens with two attached hydrogens (primary N) is 2. The van der Waals surface area contributed by atoms with E-state index in [9.17, 15) is 19.2 Å². The minimum absolute atomic E-state index is 0. The fourth-order valence-electron chi connectivity index (χ4n) is 4.24. The molecule has 0 unspecified atom stereocenters. The molecular weight excluding hydrogens is 1510 g/mol. The Labute approximate surface area is 583 Å². The smallest absolute Gasteiger partial charge is 0.350 e. The number of thiol groups is 1. The van der Waals surface area contributed by atoms with Gasteiger partial charge in [0, 0.05) is 177 Å². The summed E-state index contributed by atoms with van der Waals surface area (Å²) in [7, 11) is 4.08. The maximum absolute atomic E-state index is 11.3. The molecule has 7 aromatic rings. The third-order valence-electron chi connectivity index (χ3n) is 6.83. The fourth-order valence-corrected chi connectivity index (χ4v) is 7.36. The van der Waals surface area contributed by atoms with Gasteiger partial charge in [-0.25, -0.2) is 14.4 Å². The number of benzene rings is 4. The van der Waals surface area contributed by atoms with Crippen LogP contribution in [0.4, 0.5) is 11.4 Å². The van der Waals surface area contributed by atoms with E-state index in [2.05, 4.69) is 32.9 Å². The van der Waals surface area contributed by atoms with Crippen molar-refractivity contribution in [3.63, 3.8) is 0 Å². The average molecular weight is 1590 g/mol. The predicted molar refractivity (Wildman–Crippen MR) is 311 cm³/mol. The Kier molecular flexibility index (Phi) is 107. The van der Waals surface area contributed by atoms with Crippen molar-refractivity contribution < 1.29 is 190 Å². The number of carboxylic acid groups (broad SMARTS) is 1. The molecule has 3 aromatic heterocycles. The molecule has 0 aliphatic carbocycles. The first-order chi connectivity index (χ1) is 30.0. The van der Waals surface area contributed by atoms with E-state index in [-0.39, 0.29) is 235 Å². The molecule has 0 bridgehead atoms. The van der Waals surface area contributed by atoms with Crippen LogP contribution in [0, 0.1) is 47.1 Å². The van der Waals surface area contributed by atoms with Gasteiger partial charge in [0.05, 0.1) is 38.5 Å². The molecule has 0 aliphatic rings. The summed E-state index contributed by atoms with van der Waals surface area (Å²) in [5.41, 5.74) is 13.0. The van der Waals surface area contributed by atoms with Crippen LogP contribution >= 0.6 is 46.6 Å². The van der Waals surface area contributed by atoms with Crippen molar-refractivity contribution in [2.75, 3.05) is 38.5 Å². The van der Waals surface area contributed by atoms with Gasteiger partial charge in [-0.2, -0.15) is 12.6 Å². The summed E-state index contributed by atoms with van der Waals surface area (Å²) in [5, 5.41) is 19.9. The Morgan fingerprint density at radius 3 is 1.27 bits per heavy atom. The van der Waals surface area contributed by atoms with Gasteiger partial charge >= 0.3 is 23.9 Å². The zero-order valence-electron chi connectivity index (χ0n) is 46.6. The van der Waals surface area contributed by atoms with Crippen LogP contribution < -0.4 is 36.1 Å². The van der Waals surface area contributed by atoms with E-state index in [1.165, 1.54) is 55.3 Å². The Morgan fingerprint density at radius 2 is 0.960 bits per heavy atom. The maximum Gasteiger partial charge on any atom is 0.350 e. The summed E-state index contributed by atoms with van der Waals surface area (Å²) in [6, 6.07) is 36.6. The summed E-state index contributed by atoms with van der Waals surface area (Å²) in [6.07, 6.45) is 0. The van der Waals surface area contributed by atoms with Crippen molar-refractivity contribution in [1.29, 1.82) is 5.26 Å². The largest absolute Gasteiger partial charge is 0.477 e. The third-order valence-corrected chi connectivity index (χ3v) is 10.5. The number of nitriles is 1. The van der Waals surface area contributed by atoms with E-state index >= 15 is 0 Å². The van der Waals surface area contributed by atoms with Crippen molar-refractivity contribution in [3.8, 4) is 6.07 Å². The molecule has 4 radical (unpaired) electrons. The van der Waals surface area contributed by atoms with Gasteiger partial charge in [0.15, 0.2) is 0 Å². The Bertz CT molecular complexity index is 2390. The van der Waals surface area contributed by atoms with Crippen LogP contribution in [0.1, 0.15) is 90.0 Å². The quantitative estimate of drug-likeness (QED) is 0.0351. The van der Waals surface area contributed by atoms with Crippen molar-refractivity contribution in [1.82, 2.24) is 24.6 Å². The number of anilines is 2. The van der Waals surface area contributed by atoms with E-state index in [1.807, 2.05) is 152 Å². The number of carbonyl (C=O) groups is 4. The summed E-state index contributed by atoms with van der Waals surface area (Å²) in [4.78, 5) is 44.4. The molecule has 0 spiro atoms. The van der Waals surface area contributed by atoms with Crippen molar-refractivity contribution in [2.24, 2.45) is 0 Å². The van der Waals surface area contributed by atoms with E-state index in [0.717, 1.165) is 30.3 Å². The SMILES string of the molecule is CC.CC.CC.CC.COC(=O)CS.COC(=O)c1cc2ccccc2s1.COC(=O)c1sc2ccccc2c1N.N.N.N.N.N#Cc1[c-]cccc1.Nc1c(C(=O)O)sc2ccccc12.[CH3-].[CH3-].[CH3-].[CH3-].[W].[Y].[Y].[Y].[Y]. The molecule has 0 saturated carbocycles. The van der Waals surface area contributed by atoms with Gasteiger partial charge in [-0.1, -0.05) is 116 Å². The number of hydrogen-bond donors (Lipinski definition) is 8. The van der Waals surface area contributed by atoms with Crippen molar-refractivity contribution in [2.45, 2.75) is 55.4 Å². The molecule has 75 heavy (non-hydrogen) atoms. The number of nitrogens with zero attached hydrogens (tertiary/aromatic N) is 1. The Hall–Kier alpha value is -0.976. The van der Waals surface area contributed by atoms with E-state index in [1.54, 1.807) is 12.1 Å². The topological polar surface area (TPSA) is 332 Å². The molecule has 17 N–H and O–H groups in total. The van der Waals surface area contributed by atoms with Crippen LogP contribution in [-0.2, 0) is 171 Å². The number of hydrogen-bond acceptors (Lipinski definition) is 18. The van der Waals surface area contributed by atoms with E-state index in [0.29, 0.717) is 26.7 Å². The molecule has 0 amide bonds. The molecular formula is C51H82N7O8S4WY4-5. The normalized spacial score (nSPS) is 7.29. The van der Waals surface area contributed by atoms with Crippen LogP contribution in [-0.4, -0.2) is 56.1 Å². The van der Waals surface area contributed by atoms with Crippen LogP contribution in [0.3, 0.4) is 0 Å². The summed E-state index contributed by atoms with van der Waals surface area (Å²) in [5.74, 6) is -1.72. The van der Waals surface area contributed by atoms with Gasteiger partial charge in [-0.3, -0.25) is 10.1 Å². The second-order valence-corrected chi connectivity index (χ2v) is 13.7. The zero-order chi connectivity index (χ0) is 47.6. The van der Waals surface area contributed by atoms with Crippen LogP contribution in [0.25, 0.3) is 30.3 Å². The number of carbonyl (C=O) groups excluding carboxylic acids is 3. The molecule has 3 heterocycles. The van der Waals surface area contributed by atoms with Gasteiger partial charge in [0.25, 0.3) is 0 Å². The van der Waals surface area contributed by atoms with Gasteiger partial charge in [0.2, 0.25) is 0 Å². The maximum atomic E-state index is 11.3. The standard InChI is InChI=1S/C10H9NO2S.C10H8O2S.C9H7NO2S.C7H4N.C3H6O2S.4C2H6.4CH3.4H3N.W.4Y/c1-13-10(12)9-8(11)6-4-2-3-5-7(6)14-9;1-12-10(11)9-6-7-4-2-3-5-8(7)13-9;10-7-5-3-1-2-4-6(5)13-8(7)9(11)12;8-6-7-4-2-1-3-5-7;1-5-3(4)2-6;4*1-2;;;;;;;;;;;;;/h2-5H,11H2,1H3;2-6H,1H3;1-4H,10H2,(H,11,12);1-4H;6H,2H2,1H3;4*1-2H3;8*1H3;;;;;/q;;;-1;;;;;;4*-1;;;;;;;;;. The van der Waals surface area contributed by atoms with Gasteiger partial charge in [0.1, 0.15) is 14.6 Å². The Balaban J connectivity index is -0.0000000436. The number of fused-ring (bicyclic) bond motifs is 3. The number of thiophene rings is 3. The minimum Gasteiger partial charge on any atom is -0.477 e. The number of esters is 3. The van der Waals surface area contributed by atoms with Crippen molar-refractivity contribution >= 4 is 112 Å². The first kappa shape index (κ1) is 113. The van der Waals surface area contributed by atoms with Crippen LogP contribution in [0.2, 0.25) is 0 Å². The number of aromatic carboxylic acids is 1. The summed E-state index contributed by atoms with van der Waals surface area (Å²) < 4.78 is 16.5. The number of ether oxygens (including phenoxy) is 3. The molecule has 15 nitrogen and oxygen atoms in total. The monoisotopic (exact) mass is 1590 g/mol. The number of nitrogen functional groups attached to an aromatic ring is 2. The summed E-state index contributed by atoms with van der Waals surface area (Å²) >= 11 is 7.64. The predicted octanol–water partition coefficient (Wildman–Crippen LogP) is 15.1. The van der Waals surface area contributed by atoms with Gasteiger partial charge in [-0.05, 0) is 35.7 Å². The molecule has 0 saturated heterocycles. The Morgan fingerprint density at radius 1 is 0.587 bits per heavy atom. The average Bonchev–Trinajstić information content (AvgIpc) is 4.05. The molecule has 7 rings (SSSR count). The third kappa shape index (κ3) is 41.7.